The summed E-state index contributed by atoms with van der Waals surface area (Å²) < 4.78 is 0. The normalized spacial score (nSPS) is 7.50. The Morgan fingerprint density at radius 2 is 0.700 bits per heavy atom. The van der Waals surface area contributed by atoms with E-state index in [1.807, 2.05) is 13.8 Å². The zero-order chi connectivity index (χ0) is 17.1. The van der Waals surface area contributed by atoms with Crippen LogP contribution in [0.15, 0.2) is 0 Å². The van der Waals surface area contributed by atoms with Crippen LogP contribution in [0.2, 0.25) is 0 Å². The summed E-state index contributed by atoms with van der Waals surface area (Å²) in [6.07, 6.45) is 12.0. The van der Waals surface area contributed by atoms with Gasteiger partial charge in [-0.2, -0.15) is 0 Å². The molecule has 0 aliphatic heterocycles. The SMILES string of the molecule is CC.CCC.CCCCC.CCCCCC.CCCN. The highest BCUT2D eigenvalue weighted by Gasteiger charge is 1.75. The van der Waals surface area contributed by atoms with Crippen molar-refractivity contribution in [3.63, 3.8) is 0 Å². The third-order valence-electron chi connectivity index (χ3n) is 1.95. The monoisotopic (exact) mass is 291 g/mol. The van der Waals surface area contributed by atoms with Crippen LogP contribution in [0.1, 0.15) is 120 Å². The Hall–Kier alpha value is -0.0400. The highest BCUT2D eigenvalue weighted by molar-refractivity contribution is 4.31. The van der Waals surface area contributed by atoms with Gasteiger partial charge in [-0.05, 0) is 13.0 Å². The molecule has 0 saturated carbocycles. The predicted octanol–water partition coefficient (Wildman–Crippen LogP) is 7.58. The van der Waals surface area contributed by atoms with Crippen LogP contribution in [-0.4, -0.2) is 6.54 Å². The van der Waals surface area contributed by atoms with Gasteiger partial charge in [0.05, 0.1) is 0 Å². The van der Waals surface area contributed by atoms with Crippen molar-refractivity contribution in [1.82, 2.24) is 0 Å². The van der Waals surface area contributed by atoms with Crippen molar-refractivity contribution in [3.05, 3.63) is 0 Å². The van der Waals surface area contributed by atoms with Gasteiger partial charge in [0.25, 0.3) is 0 Å². The predicted molar refractivity (Wildman–Crippen MR) is 102 cm³/mol. The van der Waals surface area contributed by atoms with E-state index in [9.17, 15) is 0 Å². The standard InChI is InChI=1S/C6H14.C5H12.C3H9N.C3H8.C2H6/c1-3-5-6-4-2;1-3-5-4-2;1-2-3-4;1-3-2;1-2/h3-6H2,1-2H3;3-5H2,1-2H3;2-4H2,1H3;3H2,1-2H3;1-2H3. The summed E-state index contributed by atoms with van der Waals surface area (Å²) in [6, 6.07) is 0. The Balaban J connectivity index is -0.0000000492. The van der Waals surface area contributed by atoms with E-state index >= 15 is 0 Å². The summed E-state index contributed by atoms with van der Waals surface area (Å²) in [7, 11) is 0. The molecule has 0 amide bonds. The number of hydrogen-bond acceptors (Lipinski definition) is 1. The van der Waals surface area contributed by atoms with Gasteiger partial charge in [-0.25, -0.2) is 0 Å². The molecule has 130 valence electrons. The molecule has 0 atom stereocenters. The van der Waals surface area contributed by atoms with Crippen molar-refractivity contribution in [1.29, 1.82) is 0 Å². The molecule has 0 heterocycles. The fourth-order valence-electron chi connectivity index (χ4n) is 0.854. The molecule has 0 saturated heterocycles. The lowest BCUT2D eigenvalue weighted by Gasteiger charge is -1.86. The molecule has 0 aliphatic carbocycles. The average Bonchev–Trinajstić information content (AvgIpc) is 2.49. The van der Waals surface area contributed by atoms with Gasteiger partial charge in [-0.3, -0.25) is 0 Å². The molecule has 0 aliphatic rings. The second-order valence-corrected chi connectivity index (χ2v) is 4.56. The van der Waals surface area contributed by atoms with Crippen LogP contribution in [0.4, 0.5) is 0 Å². The molecular weight excluding hydrogens is 242 g/mol. The van der Waals surface area contributed by atoms with Crippen LogP contribution < -0.4 is 5.73 Å². The Labute approximate surface area is 133 Å². The molecule has 1 nitrogen and oxygen atoms in total. The minimum atomic E-state index is 0.819. The minimum absolute atomic E-state index is 0.819. The van der Waals surface area contributed by atoms with Gasteiger partial charge in [-0.15, -0.1) is 0 Å². The maximum Gasteiger partial charge on any atom is -0.00799 e. The molecule has 0 spiro atoms. The van der Waals surface area contributed by atoms with Gasteiger partial charge in [0, 0.05) is 0 Å². The Morgan fingerprint density at radius 3 is 0.750 bits per heavy atom. The molecule has 2 N–H and O–H groups in total. The highest BCUT2D eigenvalue weighted by atomic mass is 14.5. The topological polar surface area (TPSA) is 26.0 Å². The maximum atomic E-state index is 5.03. The van der Waals surface area contributed by atoms with Crippen LogP contribution in [0.3, 0.4) is 0 Å². The second-order valence-electron chi connectivity index (χ2n) is 4.56. The van der Waals surface area contributed by atoms with Gasteiger partial charge in [0.1, 0.15) is 0 Å². The van der Waals surface area contributed by atoms with Gasteiger partial charge in [0.15, 0.2) is 0 Å². The third kappa shape index (κ3) is 145. The molecule has 0 aromatic rings. The fourth-order valence-corrected chi connectivity index (χ4v) is 0.854. The summed E-state index contributed by atoms with van der Waals surface area (Å²) in [4.78, 5) is 0. The molecule has 0 fully saturated rings. The molecule has 0 rings (SSSR count). The largest absolute Gasteiger partial charge is 0.330 e. The first kappa shape index (κ1) is 32.1. The third-order valence-corrected chi connectivity index (χ3v) is 1.95. The van der Waals surface area contributed by atoms with Gasteiger partial charge in [-0.1, -0.05) is 114 Å². The van der Waals surface area contributed by atoms with Gasteiger partial charge >= 0.3 is 0 Å². The van der Waals surface area contributed by atoms with Crippen LogP contribution in [-0.2, 0) is 0 Å². The molecule has 0 radical (unpaired) electrons. The van der Waals surface area contributed by atoms with E-state index in [2.05, 4.69) is 48.5 Å². The smallest absolute Gasteiger partial charge is 0.00799 e. The first-order chi connectivity index (χ1) is 9.66. The first-order valence-corrected chi connectivity index (χ1v) is 9.36. The lowest BCUT2D eigenvalue weighted by atomic mass is 10.2. The molecule has 0 bridgehead atoms. The van der Waals surface area contributed by atoms with Gasteiger partial charge < -0.3 is 5.73 Å². The molecule has 20 heavy (non-hydrogen) atoms. The van der Waals surface area contributed by atoms with Gasteiger partial charge in [0.2, 0.25) is 0 Å². The zero-order valence-corrected chi connectivity index (χ0v) is 16.6. The second kappa shape index (κ2) is 61.6. The average molecular weight is 292 g/mol. The van der Waals surface area contributed by atoms with Crippen molar-refractivity contribution in [2.24, 2.45) is 5.73 Å². The molecule has 0 aromatic carbocycles. The van der Waals surface area contributed by atoms with E-state index < -0.39 is 0 Å². The Kier molecular flexibility index (Phi) is 98.8. The summed E-state index contributed by atoms with van der Waals surface area (Å²) in [5.74, 6) is 0. The molecular formula is C19H49N. The molecule has 0 aromatic heterocycles. The molecule has 0 unspecified atom stereocenters. The highest BCUT2D eigenvalue weighted by Crippen LogP contribution is 1.95. The van der Waals surface area contributed by atoms with E-state index in [4.69, 9.17) is 5.73 Å². The van der Waals surface area contributed by atoms with Crippen molar-refractivity contribution in [2.75, 3.05) is 6.54 Å². The zero-order valence-electron chi connectivity index (χ0n) is 16.6. The van der Waals surface area contributed by atoms with Crippen molar-refractivity contribution < 1.29 is 0 Å². The van der Waals surface area contributed by atoms with Crippen LogP contribution in [0, 0.1) is 0 Å². The van der Waals surface area contributed by atoms with Crippen LogP contribution >= 0.6 is 0 Å². The number of unbranched alkanes of at least 4 members (excludes halogenated alkanes) is 5. The molecule has 1 heteroatoms. The van der Waals surface area contributed by atoms with Crippen molar-refractivity contribution in [2.45, 2.75) is 120 Å². The maximum absolute atomic E-state index is 5.03. The minimum Gasteiger partial charge on any atom is -0.330 e. The summed E-state index contributed by atoms with van der Waals surface area (Å²) in [5.41, 5.74) is 5.03. The fraction of sp³-hybridized carbons (Fsp3) is 1.00. The van der Waals surface area contributed by atoms with E-state index in [-0.39, 0.29) is 0 Å². The number of hydrogen-bond donors (Lipinski definition) is 1. The lowest BCUT2D eigenvalue weighted by molar-refractivity contribution is 0.702. The quantitative estimate of drug-likeness (QED) is 0.501. The van der Waals surface area contributed by atoms with Crippen molar-refractivity contribution in [3.8, 4) is 0 Å². The number of rotatable bonds is 6. The summed E-state index contributed by atoms with van der Waals surface area (Å²) in [6.45, 7) is 20.0. The van der Waals surface area contributed by atoms with Crippen LogP contribution in [0.25, 0.3) is 0 Å². The van der Waals surface area contributed by atoms with Crippen molar-refractivity contribution >= 4 is 0 Å². The van der Waals surface area contributed by atoms with Crippen LogP contribution in [0.5, 0.6) is 0 Å². The van der Waals surface area contributed by atoms with E-state index in [1.165, 1.54) is 51.4 Å². The first-order valence-electron chi connectivity index (χ1n) is 9.36. The summed E-state index contributed by atoms with van der Waals surface area (Å²) >= 11 is 0. The van der Waals surface area contributed by atoms with E-state index in [0.717, 1.165) is 13.0 Å². The Bertz CT molecular complexity index is 64.2. The lowest BCUT2D eigenvalue weighted by Crippen LogP contribution is -1.93. The Morgan fingerprint density at radius 1 is 0.500 bits per heavy atom. The number of nitrogens with two attached hydrogens (primary N) is 1. The van der Waals surface area contributed by atoms with E-state index in [1.54, 1.807) is 0 Å². The summed E-state index contributed by atoms with van der Waals surface area (Å²) in [5, 5.41) is 0. The van der Waals surface area contributed by atoms with E-state index in [0.29, 0.717) is 0 Å².